The van der Waals surface area contributed by atoms with E-state index in [1.165, 1.54) is 4.90 Å². The zero-order valence-electron chi connectivity index (χ0n) is 14.9. The van der Waals surface area contributed by atoms with Crippen LogP contribution in [-0.2, 0) is 11.2 Å². The van der Waals surface area contributed by atoms with Crippen molar-refractivity contribution in [3.63, 3.8) is 0 Å². The summed E-state index contributed by atoms with van der Waals surface area (Å²) in [5.74, 6) is -0.00524. The summed E-state index contributed by atoms with van der Waals surface area (Å²) in [5, 5.41) is 0. The molecule has 3 amide bonds. The molecule has 0 saturated carbocycles. The molecular formula is C19H27N3O2. The zero-order chi connectivity index (χ0) is 17.3. The number of carbonyl (C=O) groups is 2. The van der Waals surface area contributed by atoms with Gasteiger partial charge in [-0.3, -0.25) is 9.69 Å². The van der Waals surface area contributed by atoms with Crippen LogP contribution in [0.3, 0.4) is 0 Å². The second-order valence-corrected chi connectivity index (χ2v) is 7.20. The van der Waals surface area contributed by atoms with Crippen molar-refractivity contribution in [3.05, 3.63) is 35.9 Å². The van der Waals surface area contributed by atoms with Gasteiger partial charge in [-0.25, -0.2) is 4.79 Å². The number of likely N-dealkylation sites (tertiary alicyclic amines) is 1. The fourth-order valence-corrected chi connectivity index (χ4v) is 3.89. The number of benzene rings is 1. The quantitative estimate of drug-likeness (QED) is 0.797. The largest absolute Gasteiger partial charge is 0.327 e. The summed E-state index contributed by atoms with van der Waals surface area (Å²) in [7, 11) is 1.79. The summed E-state index contributed by atoms with van der Waals surface area (Å²) in [4.78, 5) is 31.2. The molecule has 0 N–H and O–H groups in total. The molecule has 5 heteroatoms. The van der Waals surface area contributed by atoms with E-state index >= 15 is 0 Å². The van der Waals surface area contributed by atoms with E-state index in [4.69, 9.17) is 0 Å². The van der Waals surface area contributed by atoms with Gasteiger partial charge in [-0.05, 0) is 38.7 Å². The van der Waals surface area contributed by atoms with E-state index in [0.29, 0.717) is 19.0 Å². The van der Waals surface area contributed by atoms with Gasteiger partial charge in [0.15, 0.2) is 0 Å². The van der Waals surface area contributed by atoms with Gasteiger partial charge in [0, 0.05) is 32.7 Å². The number of piperidine rings is 1. The van der Waals surface area contributed by atoms with Crippen LogP contribution >= 0.6 is 0 Å². The summed E-state index contributed by atoms with van der Waals surface area (Å²) in [5.41, 5.74) is 0.524. The maximum Gasteiger partial charge on any atom is 0.327 e. The Kier molecular flexibility index (Phi) is 4.63. The fraction of sp³-hybridized carbons (Fsp3) is 0.579. The van der Waals surface area contributed by atoms with Crippen LogP contribution in [-0.4, -0.2) is 64.9 Å². The molecule has 5 nitrogen and oxygen atoms in total. The monoisotopic (exact) mass is 329 g/mol. The minimum atomic E-state index is -0.626. The number of amides is 3. The Bertz CT molecular complexity index is 606. The Labute approximate surface area is 144 Å². The number of urea groups is 1. The predicted octanol–water partition coefficient (Wildman–Crippen LogP) is 2.37. The van der Waals surface area contributed by atoms with Crippen LogP contribution in [0.4, 0.5) is 4.79 Å². The summed E-state index contributed by atoms with van der Waals surface area (Å²) in [6, 6.07) is 10.3. The van der Waals surface area contributed by atoms with Gasteiger partial charge in [-0.1, -0.05) is 30.3 Å². The molecule has 0 atom stereocenters. The first-order valence-corrected chi connectivity index (χ1v) is 8.83. The highest BCUT2D eigenvalue weighted by Gasteiger charge is 2.56. The lowest BCUT2D eigenvalue weighted by atomic mass is 9.85. The van der Waals surface area contributed by atoms with Crippen molar-refractivity contribution in [1.82, 2.24) is 14.7 Å². The van der Waals surface area contributed by atoms with Gasteiger partial charge >= 0.3 is 6.03 Å². The molecule has 0 radical (unpaired) electrons. The lowest BCUT2D eigenvalue weighted by molar-refractivity contribution is -0.135. The molecule has 2 heterocycles. The number of likely N-dealkylation sites (N-methyl/N-ethyl adjacent to an activating group) is 1. The highest BCUT2D eigenvalue weighted by molar-refractivity contribution is 6.07. The lowest BCUT2D eigenvalue weighted by Crippen LogP contribution is -2.56. The van der Waals surface area contributed by atoms with Crippen LogP contribution in [0.15, 0.2) is 30.3 Å². The molecule has 130 valence electrons. The van der Waals surface area contributed by atoms with Crippen molar-refractivity contribution >= 4 is 11.9 Å². The summed E-state index contributed by atoms with van der Waals surface area (Å²) >= 11 is 0. The summed E-state index contributed by atoms with van der Waals surface area (Å²) in [6.45, 7) is 6.55. The van der Waals surface area contributed by atoms with Gasteiger partial charge in [0.25, 0.3) is 5.91 Å². The number of hydrogen-bond donors (Lipinski definition) is 0. The minimum Gasteiger partial charge on any atom is -0.312 e. The van der Waals surface area contributed by atoms with Crippen molar-refractivity contribution in [2.75, 3.05) is 26.7 Å². The van der Waals surface area contributed by atoms with E-state index in [1.54, 1.807) is 11.9 Å². The molecule has 0 bridgehead atoms. The Morgan fingerprint density at radius 3 is 2.29 bits per heavy atom. The van der Waals surface area contributed by atoms with E-state index < -0.39 is 5.54 Å². The second kappa shape index (κ2) is 6.55. The molecule has 0 unspecified atom stereocenters. The molecule has 2 fully saturated rings. The van der Waals surface area contributed by atoms with Crippen LogP contribution in [0.5, 0.6) is 0 Å². The van der Waals surface area contributed by atoms with E-state index in [-0.39, 0.29) is 11.9 Å². The Balaban J connectivity index is 1.70. The molecule has 1 aromatic carbocycles. The predicted molar refractivity (Wildman–Crippen MR) is 93.7 cm³/mol. The number of rotatable bonds is 4. The first-order valence-electron chi connectivity index (χ1n) is 8.83. The lowest BCUT2D eigenvalue weighted by Gasteiger charge is -2.42. The highest BCUT2D eigenvalue weighted by Crippen LogP contribution is 2.36. The van der Waals surface area contributed by atoms with Crippen LogP contribution in [0.1, 0.15) is 32.3 Å². The number of carbonyl (C=O) groups excluding carboxylic acids is 2. The maximum absolute atomic E-state index is 13.0. The summed E-state index contributed by atoms with van der Waals surface area (Å²) < 4.78 is 0. The molecule has 2 aliphatic heterocycles. The third-order valence-corrected chi connectivity index (χ3v) is 5.63. The van der Waals surface area contributed by atoms with Crippen molar-refractivity contribution in [2.45, 2.75) is 44.7 Å². The van der Waals surface area contributed by atoms with Gasteiger partial charge < -0.3 is 9.80 Å². The molecule has 2 aliphatic rings. The van der Waals surface area contributed by atoms with Gasteiger partial charge in [-0.2, -0.15) is 0 Å². The molecule has 1 aromatic rings. The van der Waals surface area contributed by atoms with Gasteiger partial charge in [0.05, 0.1) is 0 Å². The molecule has 0 aromatic heterocycles. The average Bonchev–Trinajstić information content (AvgIpc) is 2.76. The maximum atomic E-state index is 13.0. The van der Waals surface area contributed by atoms with Gasteiger partial charge in [0.2, 0.25) is 0 Å². The van der Waals surface area contributed by atoms with Crippen LogP contribution in [0, 0.1) is 0 Å². The first-order chi connectivity index (χ1) is 11.5. The molecule has 24 heavy (non-hydrogen) atoms. The third-order valence-electron chi connectivity index (χ3n) is 5.63. The minimum absolute atomic E-state index is 0.00524. The van der Waals surface area contributed by atoms with Crippen LogP contribution < -0.4 is 0 Å². The van der Waals surface area contributed by atoms with Crippen molar-refractivity contribution < 1.29 is 9.59 Å². The van der Waals surface area contributed by atoms with Crippen molar-refractivity contribution in [1.29, 1.82) is 0 Å². The molecule has 2 saturated heterocycles. The molecule has 1 spiro atoms. The Hall–Kier alpha value is -1.88. The topological polar surface area (TPSA) is 43.9 Å². The van der Waals surface area contributed by atoms with E-state index in [2.05, 4.69) is 18.7 Å². The average molecular weight is 329 g/mol. The highest BCUT2D eigenvalue weighted by atomic mass is 16.2. The first kappa shape index (κ1) is 17.0. The molecular weight excluding hydrogens is 302 g/mol. The normalized spacial score (nSPS) is 21.3. The van der Waals surface area contributed by atoms with Crippen molar-refractivity contribution in [2.24, 2.45) is 0 Å². The number of hydrogen-bond acceptors (Lipinski definition) is 3. The smallest absolute Gasteiger partial charge is 0.312 e. The zero-order valence-corrected chi connectivity index (χ0v) is 14.9. The summed E-state index contributed by atoms with van der Waals surface area (Å²) in [6.07, 6.45) is 2.17. The SMILES string of the molecule is CC(C)N1CCC2(CC1)C(=O)N(CCc1ccccc1)C(=O)N2C. The van der Waals surface area contributed by atoms with Gasteiger partial charge in [-0.15, -0.1) is 0 Å². The second-order valence-electron chi connectivity index (χ2n) is 7.20. The van der Waals surface area contributed by atoms with Crippen molar-refractivity contribution in [3.8, 4) is 0 Å². The van der Waals surface area contributed by atoms with E-state index in [1.807, 2.05) is 30.3 Å². The fourth-order valence-electron chi connectivity index (χ4n) is 3.89. The van der Waals surface area contributed by atoms with E-state index in [0.717, 1.165) is 31.5 Å². The van der Waals surface area contributed by atoms with Crippen LogP contribution in [0.2, 0.25) is 0 Å². The Morgan fingerprint density at radius 1 is 1.08 bits per heavy atom. The number of imide groups is 1. The Morgan fingerprint density at radius 2 is 1.71 bits per heavy atom. The van der Waals surface area contributed by atoms with Gasteiger partial charge in [0.1, 0.15) is 5.54 Å². The molecule has 3 rings (SSSR count). The standard InChI is InChI=1S/C19H27N3O2/c1-15(2)21-13-10-19(11-14-21)17(23)22(18(24)20(19)3)12-9-16-7-5-4-6-8-16/h4-8,15H,9-14H2,1-3H3. The van der Waals surface area contributed by atoms with E-state index in [9.17, 15) is 9.59 Å². The van der Waals surface area contributed by atoms with Crippen LogP contribution in [0.25, 0.3) is 0 Å². The third kappa shape index (κ3) is 2.81. The molecule has 0 aliphatic carbocycles. The number of nitrogens with zero attached hydrogens (tertiary/aromatic N) is 3.